The minimum atomic E-state index is -4.03. The molecule has 0 saturated carbocycles. The molecule has 2 aliphatic rings. The Morgan fingerprint density at radius 3 is 2.70 bits per heavy atom. The molecule has 30 heavy (non-hydrogen) atoms. The van der Waals surface area contributed by atoms with Crippen LogP contribution in [0.2, 0.25) is 0 Å². The number of carbonyl (C=O) groups is 1. The molecule has 1 unspecified atom stereocenters. The van der Waals surface area contributed by atoms with Crippen LogP contribution in [0, 0.1) is 12.0 Å². The van der Waals surface area contributed by atoms with Gasteiger partial charge in [-0.25, -0.2) is 0 Å². The Kier molecular flexibility index (Phi) is 4.81. The zero-order valence-corrected chi connectivity index (χ0v) is 17.9. The van der Waals surface area contributed by atoms with E-state index in [-0.39, 0.29) is 27.8 Å². The highest BCUT2D eigenvalue weighted by molar-refractivity contribution is 7.90. The first-order valence-corrected chi connectivity index (χ1v) is 11.3. The Labute approximate surface area is 176 Å². The van der Waals surface area contributed by atoms with Gasteiger partial charge in [0, 0.05) is 5.56 Å². The fraction of sp³-hybridized carbons (Fsp3) is 0.304. The van der Waals surface area contributed by atoms with Crippen molar-refractivity contribution in [2.45, 2.75) is 43.9 Å². The molecule has 2 aromatic carbocycles. The molecule has 4 rings (SSSR count). The second-order valence-electron chi connectivity index (χ2n) is 8.33. The second kappa shape index (κ2) is 7.09. The number of aliphatic hydroxyl groups excluding tert-OH is 1. The van der Waals surface area contributed by atoms with Gasteiger partial charge in [0.25, 0.3) is 10.0 Å². The van der Waals surface area contributed by atoms with E-state index in [4.69, 9.17) is 0 Å². The highest BCUT2D eigenvalue weighted by Crippen LogP contribution is 2.44. The monoisotopic (exact) mass is 423 g/mol. The third-order valence-corrected chi connectivity index (χ3v) is 7.09. The maximum Gasteiger partial charge on any atom is 0.286 e. The number of aliphatic hydroxyl groups is 1. The third kappa shape index (κ3) is 3.13. The smallest absolute Gasteiger partial charge is 0.286 e. The average molecular weight is 424 g/mol. The molecular weight excluding hydrogens is 400 g/mol. The lowest BCUT2D eigenvalue weighted by molar-refractivity contribution is -0.120. The molecule has 1 heterocycles. The fourth-order valence-electron chi connectivity index (χ4n) is 4.02. The first kappa shape index (κ1) is 20.3. The van der Waals surface area contributed by atoms with Crippen LogP contribution in [0.25, 0.3) is 5.76 Å². The van der Waals surface area contributed by atoms with Gasteiger partial charge in [0.05, 0.1) is 11.1 Å². The number of amidine groups is 1. The number of ketones is 1. The summed E-state index contributed by atoms with van der Waals surface area (Å²) < 4.78 is 29.2. The molecule has 6 nitrogen and oxygen atoms in total. The lowest BCUT2D eigenvalue weighted by Gasteiger charge is -2.36. The van der Waals surface area contributed by atoms with Crippen molar-refractivity contribution in [1.29, 1.82) is 0 Å². The maximum absolute atomic E-state index is 13.7. The number of nitrogens with one attached hydrogen (secondary N) is 1. The Bertz CT molecular complexity index is 1210. The van der Waals surface area contributed by atoms with E-state index in [0.717, 1.165) is 12.0 Å². The Morgan fingerprint density at radius 1 is 1.23 bits per heavy atom. The van der Waals surface area contributed by atoms with E-state index in [2.05, 4.69) is 29.6 Å². The van der Waals surface area contributed by atoms with Crippen LogP contribution in [0.3, 0.4) is 0 Å². The highest BCUT2D eigenvalue weighted by atomic mass is 32.2. The number of sulfonamides is 1. The van der Waals surface area contributed by atoms with Crippen molar-refractivity contribution in [3.8, 4) is 0 Å². The van der Waals surface area contributed by atoms with Crippen molar-refractivity contribution in [2.75, 3.05) is 5.32 Å². The molecule has 1 radical (unpaired) electrons. The molecule has 1 atom stereocenters. The van der Waals surface area contributed by atoms with Gasteiger partial charge in [0.2, 0.25) is 0 Å². The molecule has 0 fully saturated rings. The number of anilines is 1. The van der Waals surface area contributed by atoms with Gasteiger partial charge in [-0.15, -0.1) is 4.40 Å². The lowest BCUT2D eigenvalue weighted by Crippen LogP contribution is -2.42. The van der Waals surface area contributed by atoms with E-state index in [1.54, 1.807) is 24.3 Å². The van der Waals surface area contributed by atoms with Gasteiger partial charge in [0.1, 0.15) is 16.2 Å². The molecule has 0 saturated heterocycles. The van der Waals surface area contributed by atoms with E-state index in [9.17, 15) is 18.3 Å². The van der Waals surface area contributed by atoms with Crippen molar-refractivity contribution in [1.82, 2.24) is 0 Å². The van der Waals surface area contributed by atoms with Crippen LogP contribution < -0.4 is 5.32 Å². The number of nitrogens with zero attached hydrogens (tertiary/aromatic N) is 1. The predicted molar refractivity (Wildman–Crippen MR) is 116 cm³/mol. The summed E-state index contributed by atoms with van der Waals surface area (Å²) in [7, 11) is -4.03. The predicted octanol–water partition coefficient (Wildman–Crippen LogP) is 4.25. The van der Waals surface area contributed by atoms with Crippen molar-refractivity contribution in [3.63, 3.8) is 0 Å². The van der Waals surface area contributed by atoms with Crippen molar-refractivity contribution in [3.05, 3.63) is 65.2 Å². The Morgan fingerprint density at radius 2 is 1.97 bits per heavy atom. The van der Waals surface area contributed by atoms with Crippen molar-refractivity contribution in [2.24, 2.45) is 10.3 Å². The summed E-state index contributed by atoms with van der Waals surface area (Å²) in [6, 6.07) is 14.4. The van der Waals surface area contributed by atoms with E-state index in [0.29, 0.717) is 23.6 Å². The number of fused-ring (bicyclic) bond motifs is 2. The summed E-state index contributed by atoms with van der Waals surface area (Å²) in [5, 5.41) is 13.9. The molecule has 155 valence electrons. The number of rotatable bonds is 4. The zero-order valence-electron chi connectivity index (χ0n) is 17.1. The summed E-state index contributed by atoms with van der Waals surface area (Å²) in [6.45, 7) is 6.03. The summed E-state index contributed by atoms with van der Waals surface area (Å²) in [5.74, 6) is -0.364. The molecule has 7 heteroatoms. The Hall–Kier alpha value is -2.93. The molecule has 0 bridgehead atoms. The average Bonchev–Trinajstić information content (AvgIpc) is 2.71. The summed E-state index contributed by atoms with van der Waals surface area (Å²) in [4.78, 5) is 13.7. The number of Topliss-reactive ketones (excluding diaryl/α,β-unsaturated/α-hetero) is 1. The molecule has 0 aromatic heterocycles. The van der Waals surface area contributed by atoms with Crippen molar-refractivity contribution >= 4 is 33.1 Å². The minimum absolute atomic E-state index is 0.0138. The standard InChI is InChI=1S/C23H23N2O4S/c1-14(2)12-13-23(3)16-9-5-4-8-15(16)20(26)19(21(23)27)22-24-17-10-6-7-11-18(17)30(28,29)25-22/h4-6,8-11,14,26H,12-13H2,1-3H3,(H,24,25). The van der Waals surface area contributed by atoms with Crippen molar-refractivity contribution < 1.29 is 18.3 Å². The van der Waals surface area contributed by atoms with Crippen LogP contribution in [0.1, 0.15) is 44.7 Å². The van der Waals surface area contributed by atoms with Gasteiger partial charge in [0.15, 0.2) is 11.6 Å². The molecule has 2 N–H and O–H groups in total. The maximum atomic E-state index is 13.7. The molecule has 0 spiro atoms. The normalized spacial score (nSPS) is 22.3. The first-order chi connectivity index (χ1) is 14.1. The van der Waals surface area contributed by atoms with E-state index in [1.165, 1.54) is 6.07 Å². The summed E-state index contributed by atoms with van der Waals surface area (Å²) >= 11 is 0. The molecule has 1 aliphatic carbocycles. The van der Waals surface area contributed by atoms with Gasteiger partial charge in [-0.1, -0.05) is 44.2 Å². The summed E-state index contributed by atoms with van der Waals surface area (Å²) in [5.41, 5.74) is 0.566. The van der Waals surface area contributed by atoms with Gasteiger partial charge in [-0.05, 0) is 49.4 Å². The van der Waals surface area contributed by atoms with Gasteiger partial charge < -0.3 is 10.4 Å². The zero-order chi connectivity index (χ0) is 21.7. The first-order valence-electron chi connectivity index (χ1n) is 9.85. The SMILES string of the molecule is CC(C)CCC1(C)C(=O)C(C2=NS(=O)(=O)c3c[c]ccc3N2)=C(O)c2ccccc21. The number of hydrogen-bond donors (Lipinski definition) is 2. The van der Waals surface area contributed by atoms with Gasteiger partial charge in [-0.2, -0.15) is 8.42 Å². The lowest BCUT2D eigenvalue weighted by atomic mass is 9.66. The fourth-order valence-corrected chi connectivity index (χ4v) is 5.11. The third-order valence-electron chi connectivity index (χ3n) is 5.77. The molecule has 1 aliphatic heterocycles. The highest BCUT2D eigenvalue weighted by Gasteiger charge is 2.46. The number of carbonyl (C=O) groups excluding carboxylic acids is 1. The number of hydrogen-bond acceptors (Lipinski definition) is 5. The van der Waals surface area contributed by atoms with Crippen LogP contribution >= 0.6 is 0 Å². The molecule has 2 aromatic rings. The van der Waals surface area contributed by atoms with Crippen LogP contribution in [-0.4, -0.2) is 25.1 Å². The minimum Gasteiger partial charge on any atom is -0.506 e. The largest absolute Gasteiger partial charge is 0.506 e. The van der Waals surface area contributed by atoms with E-state index in [1.807, 2.05) is 19.1 Å². The Balaban J connectivity index is 1.90. The number of benzene rings is 2. The topological polar surface area (TPSA) is 95.8 Å². The summed E-state index contributed by atoms with van der Waals surface area (Å²) in [6.07, 6.45) is 1.38. The van der Waals surface area contributed by atoms with Gasteiger partial charge >= 0.3 is 0 Å². The van der Waals surface area contributed by atoms with E-state index < -0.39 is 15.4 Å². The van der Waals surface area contributed by atoms with Gasteiger partial charge in [-0.3, -0.25) is 4.79 Å². The molecular formula is C23H23N2O4S. The van der Waals surface area contributed by atoms with E-state index >= 15 is 0 Å². The van der Waals surface area contributed by atoms with Crippen LogP contribution in [-0.2, 0) is 20.2 Å². The quantitative estimate of drug-likeness (QED) is 0.767. The van der Waals surface area contributed by atoms with Crippen LogP contribution in [0.5, 0.6) is 0 Å². The van der Waals surface area contributed by atoms with Crippen LogP contribution in [0.15, 0.2) is 57.3 Å². The van der Waals surface area contributed by atoms with Crippen LogP contribution in [0.4, 0.5) is 5.69 Å². The second-order valence-corrected chi connectivity index (χ2v) is 9.90. The molecule has 0 amide bonds.